The third kappa shape index (κ3) is 2.93. The van der Waals surface area contributed by atoms with Gasteiger partial charge in [-0.05, 0) is 33.2 Å². The van der Waals surface area contributed by atoms with E-state index < -0.39 is 0 Å². The van der Waals surface area contributed by atoms with E-state index >= 15 is 0 Å². The van der Waals surface area contributed by atoms with Crippen molar-refractivity contribution in [1.29, 1.82) is 0 Å². The summed E-state index contributed by atoms with van der Waals surface area (Å²) in [7, 11) is 2.03. The monoisotopic (exact) mass is 185 g/mol. The highest BCUT2D eigenvalue weighted by atomic mass is 15.1. The molecule has 0 saturated heterocycles. The molecule has 3 heteroatoms. The Morgan fingerprint density at radius 3 is 2.62 bits per heavy atom. The van der Waals surface area contributed by atoms with E-state index in [2.05, 4.69) is 24.5 Å². The Labute approximate surface area is 81.5 Å². The fourth-order valence-corrected chi connectivity index (χ4v) is 2.05. The van der Waals surface area contributed by atoms with Crippen molar-refractivity contribution < 1.29 is 0 Å². The van der Waals surface area contributed by atoms with Crippen molar-refractivity contribution in [3.63, 3.8) is 0 Å². The Morgan fingerprint density at radius 1 is 1.54 bits per heavy atom. The molecule has 1 fully saturated rings. The van der Waals surface area contributed by atoms with Crippen molar-refractivity contribution in [2.45, 2.75) is 57.3 Å². The Kier molecular flexibility index (Phi) is 3.71. The van der Waals surface area contributed by atoms with E-state index in [0.717, 1.165) is 12.8 Å². The summed E-state index contributed by atoms with van der Waals surface area (Å²) in [6.45, 7) is 4.43. The summed E-state index contributed by atoms with van der Waals surface area (Å²) in [5.74, 6) is 0. The van der Waals surface area contributed by atoms with Crippen LogP contribution < -0.4 is 16.4 Å². The maximum atomic E-state index is 5.89. The summed E-state index contributed by atoms with van der Waals surface area (Å²) in [5.41, 5.74) is 6.24. The number of hydrogen-bond acceptors (Lipinski definition) is 3. The van der Waals surface area contributed by atoms with Gasteiger partial charge in [-0.1, -0.05) is 13.3 Å². The van der Waals surface area contributed by atoms with Crippen LogP contribution in [-0.2, 0) is 0 Å². The topological polar surface area (TPSA) is 50.1 Å². The summed E-state index contributed by atoms with van der Waals surface area (Å²) < 4.78 is 0. The van der Waals surface area contributed by atoms with Crippen molar-refractivity contribution in [3.8, 4) is 0 Å². The quantitative estimate of drug-likeness (QED) is 0.555. The van der Waals surface area contributed by atoms with Gasteiger partial charge in [-0.15, -0.1) is 0 Å². The maximum absolute atomic E-state index is 5.89. The molecule has 0 radical (unpaired) electrons. The highest BCUT2D eigenvalue weighted by molar-refractivity contribution is 5.00. The first-order chi connectivity index (χ1) is 6.09. The summed E-state index contributed by atoms with van der Waals surface area (Å²) in [5, 5.41) is 6.78. The molecule has 0 amide bonds. The van der Waals surface area contributed by atoms with Crippen LogP contribution in [0.5, 0.6) is 0 Å². The van der Waals surface area contributed by atoms with Gasteiger partial charge < -0.3 is 11.1 Å². The van der Waals surface area contributed by atoms with E-state index in [1.165, 1.54) is 12.8 Å². The van der Waals surface area contributed by atoms with Gasteiger partial charge in [0.2, 0.25) is 0 Å². The zero-order valence-electron chi connectivity index (χ0n) is 9.06. The van der Waals surface area contributed by atoms with Gasteiger partial charge in [0.25, 0.3) is 0 Å². The summed E-state index contributed by atoms with van der Waals surface area (Å²) in [6.07, 6.45) is 4.81. The van der Waals surface area contributed by atoms with E-state index in [9.17, 15) is 0 Å². The van der Waals surface area contributed by atoms with Gasteiger partial charge in [-0.2, -0.15) is 0 Å². The van der Waals surface area contributed by atoms with Crippen LogP contribution in [-0.4, -0.2) is 24.8 Å². The first-order valence-electron chi connectivity index (χ1n) is 5.30. The zero-order chi connectivity index (χ0) is 9.90. The van der Waals surface area contributed by atoms with Crippen LogP contribution in [0.4, 0.5) is 0 Å². The second-order valence-corrected chi connectivity index (χ2v) is 4.48. The number of nitrogens with two attached hydrogens (primary N) is 1. The number of hydrogen-bond donors (Lipinski definition) is 3. The molecule has 13 heavy (non-hydrogen) atoms. The molecular weight excluding hydrogens is 162 g/mol. The normalized spacial score (nSPS) is 35.5. The summed E-state index contributed by atoms with van der Waals surface area (Å²) >= 11 is 0. The van der Waals surface area contributed by atoms with Crippen molar-refractivity contribution in [2.75, 3.05) is 7.05 Å². The van der Waals surface area contributed by atoms with Crippen molar-refractivity contribution in [3.05, 3.63) is 0 Å². The molecule has 0 aromatic rings. The SMILES string of the molecule is CCCC(N)NC1CC(C)(NC)C1. The fraction of sp³-hybridized carbons (Fsp3) is 1.00. The number of rotatable bonds is 5. The van der Waals surface area contributed by atoms with Gasteiger partial charge in [-0.3, -0.25) is 5.32 Å². The van der Waals surface area contributed by atoms with E-state index in [0.29, 0.717) is 11.6 Å². The molecule has 0 aromatic heterocycles. The molecule has 1 aliphatic rings. The first-order valence-corrected chi connectivity index (χ1v) is 5.30. The molecule has 1 unspecified atom stereocenters. The Bertz CT molecular complexity index is 152. The first kappa shape index (κ1) is 11.0. The fourth-order valence-electron chi connectivity index (χ4n) is 2.05. The second kappa shape index (κ2) is 4.40. The van der Waals surface area contributed by atoms with Gasteiger partial charge in [-0.25, -0.2) is 0 Å². The standard InChI is InChI=1S/C10H23N3/c1-4-5-9(11)13-8-6-10(2,7-8)12-3/h8-9,12-13H,4-7,11H2,1-3H3. The molecule has 1 rings (SSSR count). The lowest BCUT2D eigenvalue weighted by Gasteiger charge is -2.46. The minimum absolute atomic E-state index is 0.191. The minimum atomic E-state index is 0.191. The highest BCUT2D eigenvalue weighted by Crippen LogP contribution is 2.31. The minimum Gasteiger partial charge on any atom is -0.316 e. The largest absolute Gasteiger partial charge is 0.316 e. The predicted octanol–water partition coefficient (Wildman–Crippen LogP) is 0.801. The molecule has 3 nitrogen and oxygen atoms in total. The van der Waals surface area contributed by atoms with Crippen LogP contribution in [0.3, 0.4) is 0 Å². The lowest BCUT2D eigenvalue weighted by Crippen LogP contribution is -2.61. The third-order valence-electron chi connectivity index (χ3n) is 3.05. The van der Waals surface area contributed by atoms with Gasteiger partial charge in [0.15, 0.2) is 0 Å². The lowest BCUT2D eigenvalue weighted by molar-refractivity contribution is 0.147. The average Bonchev–Trinajstić information content (AvgIpc) is 2.02. The van der Waals surface area contributed by atoms with Crippen LogP contribution in [0.15, 0.2) is 0 Å². The van der Waals surface area contributed by atoms with Crippen LogP contribution in [0.2, 0.25) is 0 Å². The molecule has 0 heterocycles. The molecule has 0 aliphatic heterocycles. The van der Waals surface area contributed by atoms with Crippen LogP contribution >= 0.6 is 0 Å². The van der Waals surface area contributed by atoms with Gasteiger partial charge >= 0.3 is 0 Å². The highest BCUT2D eigenvalue weighted by Gasteiger charge is 2.38. The molecule has 0 spiro atoms. The number of nitrogens with one attached hydrogen (secondary N) is 2. The summed E-state index contributed by atoms with van der Waals surface area (Å²) in [4.78, 5) is 0. The van der Waals surface area contributed by atoms with Gasteiger partial charge in [0, 0.05) is 11.6 Å². The van der Waals surface area contributed by atoms with E-state index in [-0.39, 0.29) is 6.17 Å². The lowest BCUT2D eigenvalue weighted by atomic mass is 9.74. The Morgan fingerprint density at radius 2 is 2.15 bits per heavy atom. The van der Waals surface area contributed by atoms with Crippen molar-refractivity contribution >= 4 is 0 Å². The summed E-state index contributed by atoms with van der Waals surface area (Å²) in [6, 6.07) is 0.624. The Hall–Kier alpha value is -0.120. The predicted molar refractivity (Wildman–Crippen MR) is 56.5 cm³/mol. The van der Waals surface area contributed by atoms with Crippen LogP contribution in [0, 0.1) is 0 Å². The average molecular weight is 185 g/mol. The molecule has 1 saturated carbocycles. The van der Waals surface area contributed by atoms with Gasteiger partial charge in [0.1, 0.15) is 0 Å². The molecule has 1 atom stereocenters. The molecule has 1 aliphatic carbocycles. The van der Waals surface area contributed by atoms with Crippen LogP contribution in [0.1, 0.15) is 39.5 Å². The molecule has 0 aromatic carbocycles. The molecule has 78 valence electrons. The van der Waals surface area contributed by atoms with Gasteiger partial charge in [0.05, 0.1) is 6.17 Å². The molecule has 0 bridgehead atoms. The molecule has 4 N–H and O–H groups in total. The van der Waals surface area contributed by atoms with Crippen molar-refractivity contribution in [1.82, 2.24) is 10.6 Å². The zero-order valence-corrected chi connectivity index (χ0v) is 9.06. The smallest absolute Gasteiger partial charge is 0.0548 e. The van der Waals surface area contributed by atoms with E-state index in [4.69, 9.17) is 5.73 Å². The maximum Gasteiger partial charge on any atom is 0.0548 e. The van der Waals surface area contributed by atoms with Crippen LogP contribution in [0.25, 0.3) is 0 Å². The van der Waals surface area contributed by atoms with E-state index in [1.54, 1.807) is 0 Å². The Balaban J connectivity index is 2.14. The third-order valence-corrected chi connectivity index (χ3v) is 3.05. The second-order valence-electron chi connectivity index (χ2n) is 4.48. The van der Waals surface area contributed by atoms with Crippen molar-refractivity contribution in [2.24, 2.45) is 5.73 Å². The van der Waals surface area contributed by atoms with E-state index in [1.807, 2.05) is 7.05 Å². The molecular formula is C10H23N3.